The molecular weight excluding hydrogens is 402 g/mol. The first-order valence-electron chi connectivity index (χ1n) is 14.6. The van der Waals surface area contributed by atoms with E-state index in [4.69, 9.17) is 0 Å². The number of carbonyl (C=O) groups excluding carboxylic acids is 1. The van der Waals surface area contributed by atoms with Gasteiger partial charge in [0.25, 0.3) is 0 Å². The Labute approximate surface area is 204 Å². The Hall–Kier alpha value is -0.530. The molecule has 0 heterocycles. The van der Waals surface area contributed by atoms with E-state index in [2.05, 4.69) is 53.8 Å². The minimum Gasteiger partial charge on any atom is -0.353 e. The molecule has 5 aliphatic rings. The highest BCUT2D eigenvalue weighted by Crippen LogP contribution is 2.76. The van der Waals surface area contributed by atoms with Crippen molar-refractivity contribution in [3.8, 4) is 0 Å². The minimum absolute atomic E-state index is 0.179. The van der Waals surface area contributed by atoms with Crippen LogP contribution in [0.25, 0.3) is 0 Å². The quantitative estimate of drug-likeness (QED) is 0.451. The summed E-state index contributed by atoms with van der Waals surface area (Å²) in [6.07, 6.45) is 13.9. The van der Waals surface area contributed by atoms with E-state index in [9.17, 15) is 4.79 Å². The van der Waals surface area contributed by atoms with Crippen molar-refractivity contribution < 1.29 is 4.79 Å². The molecule has 0 aromatic rings. The van der Waals surface area contributed by atoms with Gasteiger partial charge in [-0.2, -0.15) is 0 Å². The van der Waals surface area contributed by atoms with E-state index < -0.39 is 0 Å². The lowest BCUT2D eigenvalue weighted by molar-refractivity contribution is -0.236. The van der Waals surface area contributed by atoms with E-state index in [1.165, 1.54) is 57.8 Å². The molecule has 0 spiro atoms. The van der Waals surface area contributed by atoms with Crippen LogP contribution in [0, 0.1) is 63.1 Å². The maximum absolute atomic E-state index is 12.3. The van der Waals surface area contributed by atoms with Crippen molar-refractivity contribution in [2.24, 2.45) is 63.1 Å². The third-order valence-electron chi connectivity index (χ3n) is 13.5. The summed E-state index contributed by atoms with van der Waals surface area (Å²) >= 11 is 0. The van der Waals surface area contributed by atoms with E-state index >= 15 is 0 Å². The predicted molar refractivity (Wildman–Crippen MR) is 138 cm³/mol. The fourth-order valence-electron chi connectivity index (χ4n) is 11.9. The van der Waals surface area contributed by atoms with Crippen LogP contribution in [0.15, 0.2) is 0 Å². The lowest BCUT2D eigenvalue weighted by atomic mass is 9.32. The average Bonchev–Trinajstić information content (AvgIpc) is 3.15. The Balaban J connectivity index is 1.55. The van der Waals surface area contributed by atoms with Gasteiger partial charge in [-0.05, 0) is 127 Å². The zero-order chi connectivity index (χ0) is 24.0. The molecule has 5 saturated carbocycles. The first-order chi connectivity index (χ1) is 15.4. The molecule has 0 aliphatic heterocycles. The third kappa shape index (κ3) is 3.20. The normalized spacial score (nSPS) is 52.9. The van der Waals surface area contributed by atoms with Crippen LogP contribution in [0.1, 0.15) is 120 Å². The van der Waals surface area contributed by atoms with E-state index in [0.29, 0.717) is 22.3 Å². The molecule has 5 fully saturated rings. The molecule has 0 aromatic carbocycles. The Morgan fingerprint density at radius 3 is 2.15 bits per heavy atom. The van der Waals surface area contributed by atoms with E-state index in [1.54, 1.807) is 6.92 Å². The molecule has 0 radical (unpaired) electrons. The number of hydrogen-bond acceptors (Lipinski definition) is 1. The molecule has 0 bridgehead atoms. The molecule has 33 heavy (non-hydrogen) atoms. The van der Waals surface area contributed by atoms with Crippen molar-refractivity contribution in [3.05, 3.63) is 0 Å². The van der Waals surface area contributed by atoms with Gasteiger partial charge in [0, 0.05) is 13.0 Å². The van der Waals surface area contributed by atoms with Crippen molar-refractivity contribution >= 4 is 5.91 Å². The molecule has 1 amide bonds. The van der Waals surface area contributed by atoms with Crippen molar-refractivity contribution in [1.82, 2.24) is 5.32 Å². The predicted octanol–water partition coefficient (Wildman–Crippen LogP) is 7.86. The van der Waals surface area contributed by atoms with Gasteiger partial charge in [-0.25, -0.2) is 0 Å². The van der Waals surface area contributed by atoms with Crippen molar-refractivity contribution in [1.29, 1.82) is 0 Å². The van der Waals surface area contributed by atoms with Crippen molar-refractivity contribution in [3.63, 3.8) is 0 Å². The van der Waals surface area contributed by atoms with Crippen LogP contribution in [-0.4, -0.2) is 11.9 Å². The monoisotopic (exact) mass is 455 g/mol. The number of amides is 1. The highest BCUT2D eigenvalue weighted by atomic mass is 16.1. The summed E-state index contributed by atoms with van der Waals surface area (Å²) in [5.74, 6) is 6.32. The molecular formula is C31H53NO. The van der Waals surface area contributed by atoms with Crippen molar-refractivity contribution in [2.45, 2.75) is 126 Å². The standard InChI is InChI=1S/C31H53NO/c1-19(2)22-10-9-21-13-17-29(6)23(27(21)22)11-12-25-30(29,7)18-14-24-28(4,5)16-15-26(31(24,25)8)32-20(3)33/h19,21-27H,9-18H2,1-8H3,(H,32,33)/t21-,22+,23-,24+,25+,26?,27-,29-,30-,31+/m1/s1. The van der Waals surface area contributed by atoms with Gasteiger partial charge < -0.3 is 5.32 Å². The molecule has 1 unspecified atom stereocenters. The lowest BCUT2D eigenvalue weighted by Crippen LogP contribution is -2.69. The molecule has 0 saturated heterocycles. The molecule has 0 aromatic heterocycles. The second-order valence-corrected chi connectivity index (χ2v) is 15.2. The number of carbonyl (C=O) groups is 1. The Morgan fingerprint density at radius 2 is 1.48 bits per heavy atom. The van der Waals surface area contributed by atoms with Crippen LogP contribution in [-0.2, 0) is 4.79 Å². The first-order valence-corrected chi connectivity index (χ1v) is 14.6. The van der Waals surface area contributed by atoms with Crippen molar-refractivity contribution in [2.75, 3.05) is 0 Å². The smallest absolute Gasteiger partial charge is 0.217 e. The van der Waals surface area contributed by atoms with Crippen LogP contribution in [0.4, 0.5) is 0 Å². The highest BCUT2D eigenvalue weighted by molar-refractivity contribution is 5.73. The fraction of sp³-hybridized carbons (Fsp3) is 0.968. The zero-order valence-corrected chi connectivity index (χ0v) is 23.1. The lowest BCUT2D eigenvalue weighted by Gasteiger charge is -2.73. The number of fused-ring (bicyclic) bond motifs is 7. The molecule has 1 N–H and O–H groups in total. The van der Waals surface area contributed by atoms with Crippen LogP contribution < -0.4 is 5.32 Å². The van der Waals surface area contributed by atoms with Crippen LogP contribution in [0.2, 0.25) is 0 Å². The summed E-state index contributed by atoms with van der Waals surface area (Å²) in [7, 11) is 0. The summed E-state index contributed by atoms with van der Waals surface area (Å²) < 4.78 is 0. The van der Waals surface area contributed by atoms with Gasteiger partial charge in [-0.15, -0.1) is 0 Å². The second kappa shape index (κ2) is 7.73. The summed E-state index contributed by atoms with van der Waals surface area (Å²) in [6, 6.07) is 0.351. The van der Waals surface area contributed by atoms with Gasteiger partial charge in [0.15, 0.2) is 0 Å². The Morgan fingerprint density at radius 1 is 0.788 bits per heavy atom. The molecule has 5 rings (SSSR count). The van der Waals surface area contributed by atoms with E-state index in [1.807, 2.05) is 0 Å². The van der Waals surface area contributed by atoms with Crippen LogP contribution >= 0.6 is 0 Å². The molecule has 2 nitrogen and oxygen atoms in total. The fourth-order valence-corrected chi connectivity index (χ4v) is 11.9. The molecule has 5 aliphatic carbocycles. The summed E-state index contributed by atoms with van der Waals surface area (Å²) in [5.41, 5.74) is 1.47. The SMILES string of the molecule is CC(=O)NC1CCC(C)(C)[C@@H]2CC[C@]3(C)[C@H](CC[C@@H]4[C@@H]5[C@H](CC[C@H]5C(C)C)CC[C@]43C)[C@@]12C. The number of hydrogen-bond donors (Lipinski definition) is 1. The summed E-state index contributed by atoms with van der Waals surface area (Å²) in [4.78, 5) is 12.3. The second-order valence-electron chi connectivity index (χ2n) is 15.2. The topological polar surface area (TPSA) is 29.1 Å². The maximum atomic E-state index is 12.3. The summed E-state index contributed by atoms with van der Waals surface area (Å²) in [5, 5.41) is 3.51. The van der Waals surface area contributed by atoms with Gasteiger partial charge in [0.05, 0.1) is 0 Å². The molecule has 10 atom stereocenters. The van der Waals surface area contributed by atoms with E-state index in [0.717, 1.165) is 47.8 Å². The Kier molecular flexibility index (Phi) is 5.67. The maximum Gasteiger partial charge on any atom is 0.217 e. The number of rotatable bonds is 2. The van der Waals surface area contributed by atoms with Gasteiger partial charge >= 0.3 is 0 Å². The third-order valence-corrected chi connectivity index (χ3v) is 13.5. The highest BCUT2D eigenvalue weighted by Gasteiger charge is 2.70. The van der Waals surface area contributed by atoms with Crippen LogP contribution in [0.3, 0.4) is 0 Å². The minimum atomic E-state index is 0.179. The average molecular weight is 456 g/mol. The molecule has 2 heteroatoms. The van der Waals surface area contributed by atoms with Gasteiger partial charge in [-0.3, -0.25) is 4.79 Å². The first kappa shape index (κ1) is 24.2. The summed E-state index contributed by atoms with van der Waals surface area (Å²) in [6.45, 7) is 19.9. The van der Waals surface area contributed by atoms with Gasteiger partial charge in [0.2, 0.25) is 5.91 Å². The van der Waals surface area contributed by atoms with Crippen LogP contribution in [0.5, 0.6) is 0 Å². The molecule has 188 valence electrons. The number of nitrogens with one attached hydrogen (secondary N) is 1. The largest absolute Gasteiger partial charge is 0.353 e. The Bertz CT molecular complexity index is 786. The zero-order valence-electron chi connectivity index (χ0n) is 23.1. The van der Waals surface area contributed by atoms with E-state index in [-0.39, 0.29) is 11.3 Å². The van der Waals surface area contributed by atoms with Gasteiger partial charge in [-0.1, -0.05) is 48.5 Å². The van der Waals surface area contributed by atoms with Gasteiger partial charge in [0.1, 0.15) is 0 Å².